The summed E-state index contributed by atoms with van der Waals surface area (Å²) in [5, 5.41) is 10.1. The molecular weight excluding hydrogens is 485 g/mol. The summed E-state index contributed by atoms with van der Waals surface area (Å²) in [7, 11) is -2.56. The number of nitrogens with one attached hydrogen (secondary N) is 2. The van der Waals surface area contributed by atoms with Crippen LogP contribution in [0.2, 0.25) is 0 Å². The molecule has 0 fully saturated rings. The lowest BCUT2D eigenvalue weighted by Crippen LogP contribution is -2.38. The predicted octanol–water partition coefficient (Wildman–Crippen LogP) is 5.90. The summed E-state index contributed by atoms with van der Waals surface area (Å²) in [4.78, 5) is 13.7. The Balaban J connectivity index is 1.78. The molecule has 1 amide bonds. The first-order valence-corrected chi connectivity index (χ1v) is 14.2. The van der Waals surface area contributed by atoms with E-state index in [1.165, 1.54) is 0 Å². The quantitative estimate of drug-likeness (QED) is 0.178. The molecule has 5 aromatic carbocycles. The molecule has 5 heteroatoms. The Morgan fingerprint density at radius 2 is 1.00 bits per heavy atom. The van der Waals surface area contributed by atoms with E-state index < -0.39 is 7.26 Å². The smallest absolute Gasteiger partial charge is 0.258 e. The van der Waals surface area contributed by atoms with Gasteiger partial charge < -0.3 is 11.1 Å². The van der Waals surface area contributed by atoms with Gasteiger partial charge in [-0.15, -0.1) is 0 Å². The fourth-order valence-corrected chi connectivity index (χ4v) is 8.70. The third-order valence-electron chi connectivity index (χ3n) is 6.39. The molecule has 0 aromatic heterocycles. The zero-order chi connectivity index (χ0) is 26.2. The van der Waals surface area contributed by atoms with Crippen LogP contribution in [0.25, 0.3) is 0 Å². The first kappa shape index (κ1) is 25.0. The van der Waals surface area contributed by atoms with Gasteiger partial charge in [-0.05, 0) is 60.7 Å². The van der Waals surface area contributed by atoms with E-state index in [0.717, 1.165) is 27.0 Å². The van der Waals surface area contributed by atoms with Crippen LogP contribution in [0.15, 0.2) is 157 Å². The number of nitrogens with two attached hydrogens (primary N) is 1. The summed E-state index contributed by atoms with van der Waals surface area (Å²) in [6.45, 7) is 0. The van der Waals surface area contributed by atoms with Gasteiger partial charge in [-0.25, -0.2) is 0 Å². The molecule has 186 valence electrons. The second-order valence-corrected chi connectivity index (χ2v) is 12.1. The number of para-hydroxylation sites is 2. The highest BCUT2D eigenvalue weighted by atomic mass is 31.2. The van der Waals surface area contributed by atoms with E-state index in [-0.39, 0.29) is 5.91 Å². The van der Waals surface area contributed by atoms with E-state index in [1.807, 2.05) is 79.0 Å². The maximum absolute atomic E-state index is 13.7. The van der Waals surface area contributed by atoms with Crippen molar-refractivity contribution in [2.45, 2.75) is 0 Å². The molecule has 5 rings (SSSR count). The number of nitrogen functional groups attached to an aromatic ring is 1. The molecule has 0 saturated heterocycles. The Morgan fingerprint density at radius 3 is 1.47 bits per heavy atom. The van der Waals surface area contributed by atoms with E-state index >= 15 is 0 Å². The van der Waals surface area contributed by atoms with Crippen LogP contribution in [0, 0.1) is 0 Å². The van der Waals surface area contributed by atoms with E-state index in [9.17, 15) is 4.79 Å². The highest BCUT2D eigenvalue weighted by molar-refractivity contribution is 7.99. The molecule has 38 heavy (non-hydrogen) atoms. The fourth-order valence-electron chi connectivity index (χ4n) is 4.59. The Bertz CT molecular complexity index is 1430. The third kappa shape index (κ3) is 5.08. The number of carbonyl (C=O) groups excluding carboxylic acids is 1. The molecule has 0 bridgehead atoms. The van der Waals surface area contributed by atoms with Gasteiger partial charge in [-0.2, -0.15) is 0 Å². The molecule has 0 aliphatic rings. The molecular formula is C33H29N3OP+. The molecule has 0 heterocycles. The summed E-state index contributed by atoms with van der Waals surface area (Å²) in [6, 6.07) is 48.1. The zero-order valence-electron chi connectivity index (χ0n) is 20.9. The van der Waals surface area contributed by atoms with Crippen molar-refractivity contribution in [2.75, 3.05) is 11.1 Å². The molecule has 0 aliphatic carbocycles. The molecule has 0 unspecified atom stereocenters. The zero-order valence-corrected chi connectivity index (χ0v) is 21.8. The van der Waals surface area contributed by atoms with Crippen LogP contribution in [0.4, 0.5) is 11.4 Å². The van der Waals surface area contributed by atoms with Crippen LogP contribution in [-0.4, -0.2) is 5.91 Å². The number of anilines is 2. The summed E-state index contributed by atoms with van der Waals surface area (Å²) < 4.78 is 0. The van der Waals surface area contributed by atoms with E-state index in [1.54, 1.807) is 0 Å². The number of hydrogen-bond donors (Lipinski definition) is 3. The summed E-state index contributed by atoms with van der Waals surface area (Å²) >= 11 is 0. The van der Waals surface area contributed by atoms with E-state index in [2.05, 4.69) is 83.4 Å². The summed E-state index contributed by atoms with van der Waals surface area (Å²) in [5.41, 5.74) is 9.03. The van der Waals surface area contributed by atoms with Crippen LogP contribution in [0.1, 0.15) is 10.4 Å². The SMILES string of the molecule is Nc1ccccc1NC=C(NC(=O)c1ccccc1)[P+](c1ccccc1)(c1ccccc1)c1ccccc1. The molecule has 5 aromatic rings. The molecule has 4 nitrogen and oxygen atoms in total. The second kappa shape index (κ2) is 11.6. The van der Waals surface area contributed by atoms with Gasteiger partial charge in [0.25, 0.3) is 5.91 Å². The van der Waals surface area contributed by atoms with Gasteiger partial charge in [0.15, 0.2) is 12.7 Å². The van der Waals surface area contributed by atoms with Gasteiger partial charge in [0.1, 0.15) is 15.9 Å². The maximum atomic E-state index is 13.7. The van der Waals surface area contributed by atoms with Crippen molar-refractivity contribution in [3.63, 3.8) is 0 Å². The highest BCUT2D eigenvalue weighted by Gasteiger charge is 2.50. The molecule has 4 N–H and O–H groups in total. The van der Waals surface area contributed by atoms with Crippen molar-refractivity contribution in [2.24, 2.45) is 0 Å². The minimum Gasteiger partial charge on any atom is -0.397 e. The lowest BCUT2D eigenvalue weighted by atomic mass is 10.2. The summed E-state index contributed by atoms with van der Waals surface area (Å²) in [6.07, 6.45) is 1.91. The lowest BCUT2D eigenvalue weighted by molar-refractivity contribution is 0.0968. The van der Waals surface area contributed by atoms with Crippen LogP contribution >= 0.6 is 7.26 Å². The normalized spacial score (nSPS) is 11.5. The van der Waals surface area contributed by atoms with E-state index in [4.69, 9.17) is 5.73 Å². The van der Waals surface area contributed by atoms with Crippen LogP contribution in [0.3, 0.4) is 0 Å². The average Bonchev–Trinajstić information content (AvgIpc) is 2.99. The maximum Gasteiger partial charge on any atom is 0.258 e. The highest BCUT2D eigenvalue weighted by Crippen LogP contribution is 2.61. The Hall–Kier alpha value is -4.66. The van der Waals surface area contributed by atoms with Crippen molar-refractivity contribution in [3.8, 4) is 0 Å². The standard InChI is InChI=1S/C33H28N3OP/c34-30-23-13-14-24-31(30)35-25-32(36-33(37)26-15-5-1-6-16-26)38(27-17-7-2-8-18-27,28-19-9-3-10-20-28)29-21-11-4-12-22-29/h1-25,35H,34H2/p+1. The van der Waals surface area contributed by atoms with Gasteiger partial charge in [0.05, 0.1) is 17.6 Å². The van der Waals surface area contributed by atoms with Crippen LogP contribution < -0.4 is 32.3 Å². The van der Waals surface area contributed by atoms with Crippen LogP contribution in [-0.2, 0) is 0 Å². The molecule has 0 saturated carbocycles. The minimum absolute atomic E-state index is 0.174. The number of rotatable bonds is 8. The topological polar surface area (TPSA) is 67.2 Å². The Kier molecular flexibility index (Phi) is 7.63. The monoisotopic (exact) mass is 514 g/mol. The van der Waals surface area contributed by atoms with Gasteiger partial charge in [0.2, 0.25) is 0 Å². The van der Waals surface area contributed by atoms with Crippen molar-refractivity contribution in [3.05, 3.63) is 163 Å². The first-order chi connectivity index (χ1) is 18.7. The molecule has 0 atom stereocenters. The van der Waals surface area contributed by atoms with Gasteiger partial charge >= 0.3 is 0 Å². The van der Waals surface area contributed by atoms with Gasteiger partial charge in [0, 0.05) is 5.56 Å². The largest absolute Gasteiger partial charge is 0.397 e. The molecule has 0 spiro atoms. The Labute approximate surface area is 224 Å². The van der Waals surface area contributed by atoms with Gasteiger partial charge in [-0.1, -0.05) is 84.9 Å². The lowest BCUT2D eigenvalue weighted by Gasteiger charge is -2.29. The van der Waals surface area contributed by atoms with Gasteiger partial charge in [-0.3, -0.25) is 10.1 Å². The van der Waals surface area contributed by atoms with Crippen LogP contribution in [0.5, 0.6) is 0 Å². The summed E-state index contributed by atoms with van der Waals surface area (Å²) in [5.74, 6) is -0.174. The van der Waals surface area contributed by atoms with Crippen molar-refractivity contribution in [1.29, 1.82) is 0 Å². The number of hydrogen-bond acceptors (Lipinski definition) is 3. The average molecular weight is 515 g/mol. The second-order valence-electron chi connectivity index (χ2n) is 8.76. The fraction of sp³-hybridized carbons (Fsp3) is 0. The molecule has 0 radical (unpaired) electrons. The van der Waals surface area contributed by atoms with Crippen molar-refractivity contribution < 1.29 is 4.79 Å². The predicted molar refractivity (Wildman–Crippen MR) is 162 cm³/mol. The number of amides is 1. The number of carbonyl (C=O) groups is 1. The first-order valence-electron chi connectivity index (χ1n) is 12.4. The Morgan fingerprint density at radius 1 is 0.579 bits per heavy atom. The van der Waals surface area contributed by atoms with Crippen molar-refractivity contribution >= 4 is 40.5 Å². The molecule has 0 aliphatic heterocycles. The minimum atomic E-state index is -2.56. The van der Waals surface area contributed by atoms with Crippen molar-refractivity contribution in [1.82, 2.24) is 5.32 Å². The van der Waals surface area contributed by atoms with E-state index in [0.29, 0.717) is 11.3 Å². The third-order valence-corrected chi connectivity index (χ3v) is 10.6. The number of benzene rings is 5.